The second kappa shape index (κ2) is 4.79. The molecule has 0 radical (unpaired) electrons. The second-order valence-corrected chi connectivity index (χ2v) is 3.77. The Kier molecular flexibility index (Phi) is 3.68. The number of rotatable bonds is 4. The maximum atomic E-state index is 11.6. The fraction of sp³-hybridized carbons (Fsp3) is 0.333. The van der Waals surface area contributed by atoms with Crippen LogP contribution in [-0.4, -0.2) is 30.1 Å². The number of carbonyl (C=O) groups excluding carboxylic acids is 1. The third-order valence-corrected chi connectivity index (χ3v) is 2.67. The Hall–Kier alpha value is -1.56. The quantitative estimate of drug-likeness (QED) is 0.806. The zero-order valence-corrected chi connectivity index (χ0v) is 9.13. The van der Waals surface area contributed by atoms with E-state index in [2.05, 4.69) is 5.32 Å². The number of aliphatic carboxylic acids is 1. The minimum absolute atomic E-state index is 0.380. The van der Waals surface area contributed by atoms with Crippen molar-refractivity contribution < 1.29 is 19.4 Å². The highest BCUT2D eigenvalue weighted by molar-refractivity contribution is 7.12. The lowest BCUT2D eigenvalue weighted by Gasteiger charge is -2.08. The van der Waals surface area contributed by atoms with Crippen molar-refractivity contribution in [1.29, 1.82) is 0 Å². The van der Waals surface area contributed by atoms with Gasteiger partial charge in [0.1, 0.15) is 16.7 Å². The number of hydrogen-bond acceptors (Lipinski definition) is 4. The summed E-state index contributed by atoms with van der Waals surface area (Å²) in [5.74, 6) is -1.05. The van der Waals surface area contributed by atoms with Gasteiger partial charge in [-0.3, -0.25) is 9.59 Å². The highest BCUT2D eigenvalue weighted by atomic mass is 32.1. The van der Waals surface area contributed by atoms with E-state index < -0.39 is 17.9 Å². The van der Waals surface area contributed by atoms with Crippen LogP contribution in [0.25, 0.3) is 0 Å². The molecule has 0 spiro atoms. The number of amides is 1. The lowest BCUT2D eigenvalue weighted by Crippen LogP contribution is -2.38. The van der Waals surface area contributed by atoms with Crippen LogP contribution >= 0.6 is 11.3 Å². The molecule has 0 fully saturated rings. The van der Waals surface area contributed by atoms with Gasteiger partial charge in [-0.25, -0.2) is 0 Å². The first kappa shape index (κ1) is 11.5. The average Bonchev–Trinajstić information content (AvgIpc) is 2.64. The van der Waals surface area contributed by atoms with Crippen LogP contribution in [-0.2, 0) is 4.79 Å². The summed E-state index contributed by atoms with van der Waals surface area (Å²) in [4.78, 5) is 22.5. The first-order valence-electron chi connectivity index (χ1n) is 4.21. The molecule has 1 rings (SSSR count). The number of carboxylic acids is 1. The number of methoxy groups -OCH3 is 1. The minimum Gasteiger partial charge on any atom is -0.495 e. The molecule has 1 amide bonds. The van der Waals surface area contributed by atoms with Crippen molar-refractivity contribution in [2.75, 3.05) is 7.11 Å². The normalized spacial score (nSPS) is 11.9. The topological polar surface area (TPSA) is 75.6 Å². The molecule has 15 heavy (non-hydrogen) atoms. The zero-order valence-electron chi connectivity index (χ0n) is 8.31. The van der Waals surface area contributed by atoms with Crippen molar-refractivity contribution in [3.63, 3.8) is 0 Å². The molecule has 6 heteroatoms. The zero-order chi connectivity index (χ0) is 11.4. The molecule has 1 aromatic rings. The second-order valence-electron chi connectivity index (χ2n) is 2.85. The molecule has 1 aromatic heterocycles. The first-order valence-corrected chi connectivity index (χ1v) is 5.09. The van der Waals surface area contributed by atoms with E-state index in [1.165, 1.54) is 25.4 Å². The van der Waals surface area contributed by atoms with Gasteiger partial charge in [-0.2, -0.15) is 0 Å². The molecule has 82 valence electrons. The third kappa shape index (κ3) is 2.69. The SMILES string of the molecule is COc1ccsc1C(=O)N[C@@H](C)C(=O)O. The maximum absolute atomic E-state index is 11.6. The van der Waals surface area contributed by atoms with Crippen LogP contribution in [0.1, 0.15) is 16.6 Å². The van der Waals surface area contributed by atoms with Gasteiger partial charge in [0.15, 0.2) is 0 Å². The Morgan fingerprint density at radius 2 is 2.27 bits per heavy atom. The molecule has 0 saturated heterocycles. The third-order valence-electron chi connectivity index (χ3n) is 1.77. The molecule has 0 saturated carbocycles. The summed E-state index contributed by atoms with van der Waals surface area (Å²) in [6.07, 6.45) is 0. The molecular weight excluding hydrogens is 218 g/mol. The minimum atomic E-state index is -1.07. The fourth-order valence-electron chi connectivity index (χ4n) is 0.948. The van der Waals surface area contributed by atoms with E-state index in [1.807, 2.05) is 0 Å². The van der Waals surface area contributed by atoms with E-state index in [0.29, 0.717) is 10.6 Å². The van der Waals surface area contributed by atoms with Gasteiger partial charge in [0, 0.05) is 0 Å². The van der Waals surface area contributed by atoms with Gasteiger partial charge in [-0.1, -0.05) is 0 Å². The lowest BCUT2D eigenvalue weighted by molar-refractivity contribution is -0.138. The van der Waals surface area contributed by atoms with Crippen LogP contribution in [0.2, 0.25) is 0 Å². The van der Waals surface area contributed by atoms with Crippen molar-refractivity contribution in [2.24, 2.45) is 0 Å². The van der Waals surface area contributed by atoms with Crippen LogP contribution in [0, 0.1) is 0 Å². The van der Waals surface area contributed by atoms with E-state index in [4.69, 9.17) is 9.84 Å². The van der Waals surface area contributed by atoms with Gasteiger partial charge in [0.25, 0.3) is 5.91 Å². The van der Waals surface area contributed by atoms with Crippen molar-refractivity contribution in [1.82, 2.24) is 5.32 Å². The molecule has 1 atom stereocenters. The first-order chi connectivity index (χ1) is 7.06. The molecule has 0 aromatic carbocycles. The van der Waals surface area contributed by atoms with Crippen molar-refractivity contribution in [2.45, 2.75) is 13.0 Å². The van der Waals surface area contributed by atoms with E-state index in [1.54, 1.807) is 11.4 Å². The summed E-state index contributed by atoms with van der Waals surface area (Å²) in [5.41, 5.74) is 0. The monoisotopic (exact) mass is 229 g/mol. The number of hydrogen-bond donors (Lipinski definition) is 2. The Balaban J connectivity index is 2.73. The van der Waals surface area contributed by atoms with E-state index in [9.17, 15) is 9.59 Å². The number of carboxylic acid groups (broad SMARTS) is 1. The highest BCUT2D eigenvalue weighted by Crippen LogP contribution is 2.24. The molecule has 0 bridgehead atoms. The Morgan fingerprint density at radius 3 is 2.80 bits per heavy atom. The van der Waals surface area contributed by atoms with E-state index in [0.717, 1.165) is 0 Å². The molecule has 0 aliphatic carbocycles. The summed E-state index contributed by atoms with van der Waals surface area (Å²) in [6.45, 7) is 1.40. The smallest absolute Gasteiger partial charge is 0.325 e. The predicted octanol–water partition coefficient (Wildman–Crippen LogP) is 0.960. The van der Waals surface area contributed by atoms with Crippen LogP contribution < -0.4 is 10.1 Å². The summed E-state index contributed by atoms with van der Waals surface area (Å²) in [6, 6.07) is 0.745. The van der Waals surface area contributed by atoms with Crippen molar-refractivity contribution in [3.8, 4) is 5.75 Å². The standard InChI is InChI=1S/C9H11NO4S/c1-5(9(12)13)10-8(11)7-6(14-2)3-4-15-7/h3-5H,1-2H3,(H,10,11)(H,12,13)/t5-/m0/s1. The molecule has 1 heterocycles. The summed E-state index contributed by atoms with van der Waals surface area (Å²) < 4.78 is 4.95. The Labute approximate surface area is 90.7 Å². The fourth-order valence-corrected chi connectivity index (χ4v) is 1.71. The molecule has 0 aliphatic rings. The Morgan fingerprint density at radius 1 is 1.60 bits per heavy atom. The largest absolute Gasteiger partial charge is 0.495 e. The van der Waals surface area contributed by atoms with Gasteiger partial charge in [-0.15, -0.1) is 11.3 Å². The molecule has 0 aliphatic heterocycles. The Bertz CT molecular complexity index is 374. The lowest BCUT2D eigenvalue weighted by atomic mass is 10.3. The van der Waals surface area contributed by atoms with E-state index >= 15 is 0 Å². The van der Waals surface area contributed by atoms with Crippen LogP contribution in [0.5, 0.6) is 5.75 Å². The summed E-state index contributed by atoms with van der Waals surface area (Å²) >= 11 is 1.21. The maximum Gasteiger partial charge on any atom is 0.325 e. The number of nitrogens with one attached hydrogen (secondary N) is 1. The van der Waals surface area contributed by atoms with Gasteiger partial charge in [-0.05, 0) is 18.4 Å². The van der Waals surface area contributed by atoms with Gasteiger partial charge in [0.05, 0.1) is 7.11 Å². The molecule has 0 unspecified atom stereocenters. The molecule has 2 N–H and O–H groups in total. The van der Waals surface area contributed by atoms with Crippen LogP contribution in [0.4, 0.5) is 0 Å². The van der Waals surface area contributed by atoms with Crippen LogP contribution in [0.3, 0.4) is 0 Å². The predicted molar refractivity (Wildman–Crippen MR) is 55.4 cm³/mol. The molecule has 5 nitrogen and oxygen atoms in total. The number of thiophene rings is 1. The average molecular weight is 229 g/mol. The number of ether oxygens (including phenoxy) is 1. The van der Waals surface area contributed by atoms with Gasteiger partial charge in [0.2, 0.25) is 0 Å². The number of carbonyl (C=O) groups is 2. The highest BCUT2D eigenvalue weighted by Gasteiger charge is 2.19. The van der Waals surface area contributed by atoms with Crippen molar-refractivity contribution in [3.05, 3.63) is 16.3 Å². The van der Waals surface area contributed by atoms with Crippen molar-refractivity contribution >= 4 is 23.2 Å². The van der Waals surface area contributed by atoms with Gasteiger partial charge >= 0.3 is 5.97 Å². The summed E-state index contributed by atoms with van der Waals surface area (Å²) in [7, 11) is 1.46. The van der Waals surface area contributed by atoms with Crippen LogP contribution in [0.15, 0.2) is 11.4 Å². The molecular formula is C9H11NO4S. The summed E-state index contributed by atoms with van der Waals surface area (Å²) in [5, 5.41) is 12.7. The van der Waals surface area contributed by atoms with E-state index in [-0.39, 0.29) is 0 Å². The van der Waals surface area contributed by atoms with Gasteiger partial charge < -0.3 is 15.2 Å².